The minimum absolute atomic E-state index is 0.0706. The first-order valence-electron chi connectivity index (χ1n) is 11.0. The quantitative estimate of drug-likeness (QED) is 0.638. The van der Waals surface area contributed by atoms with E-state index in [9.17, 15) is 17.6 Å². The van der Waals surface area contributed by atoms with Crippen molar-refractivity contribution in [2.24, 2.45) is 0 Å². The topological polar surface area (TPSA) is 70.8 Å². The summed E-state index contributed by atoms with van der Waals surface area (Å²) in [6.45, 7) is 3.07. The van der Waals surface area contributed by atoms with E-state index in [1.807, 2.05) is 0 Å². The summed E-state index contributed by atoms with van der Waals surface area (Å²) in [5.41, 5.74) is 0.949. The third-order valence-electron chi connectivity index (χ3n) is 6.35. The molecule has 1 aliphatic carbocycles. The van der Waals surface area contributed by atoms with E-state index in [2.05, 4.69) is 0 Å². The highest BCUT2D eigenvalue weighted by atomic mass is 32.2. The van der Waals surface area contributed by atoms with Crippen molar-refractivity contribution in [1.29, 1.82) is 0 Å². The zero-order valence-corrected chi connectivity index (χ0v) is 18.7. The minimum Gasteiger partial charge on any atom is -0.455 e. The van der Waals surface area contributed by atoms with Crippen LogP contribution in [0.25, 0.3) is 0 Å². The van der Waals surface area contributed by atoms with Gasteiger partial charge in [-0.25, -0.2) is 12.8 Å². The first-order valence-corrected chi connectivity index (χ1v) is 12.5. The van der Waals surface area contributed by atoms with Crippen LogP contribution in [-0.4, -0.2) is 49.2 Å². The number of hydrogen-bond acceptors (Lipinski definition) is 4. The van der Waals surface area contributed by atoms with Crippen molar-refractivity contribution in [2.45, 2.75) is 62.8 Å². The molecule has 0 bridgehead atoms. The van der Waals surface area contributed by atoms with Gasteiger partial charge in [0.1, 0.15) is 16.5 Å². The highest BCUT2D eigenvalue weighted by molar-refractivity contribution is 7.89. The molecule has 2 heterocycles. The number of halogens is 1. The molecule has 1 aromatic heterocycles. The van der Waals surface area contributed by atoms with E-state index >= 15 is 0 Å². The van der Waals surface area contributed by atoms with E-state index < -0.39 is 10.0 Å². The van der Waals surface area contributed by atoms with Crippen LogP contribution >= 0.6 is 0 Å². The van der Waals surface area contributed by atoms with Crippen LogP contribution in [0, 0.1) is 12.7 Å². The molecule has 8 heteroatoms. The van der Waals surface area contributed by atoms with Gasteiger partial charge in [0.15, 0.2) is 5.76 Å². The number of nitrogens with zero attached hydrogens (tertiary/aromatic N) is 2. The lowest BCUT2D eigenvalue weighted by Gasteiger charge is -2.28. The number of amides is 1. The third kappa shape index (κ3) is 4.70. The number of hydrogen-bond donors (Lipinski definition) is 0. The molecule has 2 fully saturated rings. The van der Waals surface area contributed by atoms with Crippen molar-refractivity contribution in [3.05, 3.63) is 53.2 Å². The van der Waals surface area contributed by atoms with Gasteiger partial charge in [0.2, 0.25) is 10.0 Å². The van der Waals surface area contributed by atoms with Crippen LogP contribution in [-0.2, 0) is 16.4 Å². The normalized spacial score (nSPS) is 18.0. The summed E-state index contributed by atoms with van der Waals surface area (Å²) >= 11 is 0. The van der Waals surface area contributed by atoms with Gasteiger partial charge in [-0.3, -0.25) is 4.79 Å². The van der Waals surface area contributed by atoms with E-state index in [0.29, 0.717) is 26.1 Å². The molecule has 0 radical (unpaired) electrons. The highest BCUT2D eigenvalue weighted by Crippen LogP contribution is 2.29. The summed E-state index contributed by atoms with van der Waals surface area (Å²) in [7, 11) is -3.65. The van der Waals surface area contributed by atoms with Crippen LogP contribution in [0.1, 0.15) is 60.4 Å². The Bertz CT molecular complexity index is 1020. The van der Waals surface area contributed by atoms with Crippen molar-refractivity contribution in [3.63, 3.8) is 0 Å². The summed E-state index contributed by atoms with van der Waals surface area (Å²) in [4.78, 5) is 15.3. The molecule has 0 spiro atoms. The molecule has 168 valence electrons. The maximum Gasteiger partial charge on any atom is 0.289 e. The molecule has 0 unspecified atom stereocenters. The van der Waals surface area contributed by atoms with Gasteiger partial charge < -0.3 is 9.32 Å². The van der Waals surface area contributed by atoms with Gasteiger partial charge in [-0.1, -0.05) is 25.0 Å². The average Bonchev–Trinajstić information content (AvgIpc) is 3.51. The second-order valence-corrected chi connectivity index (χ2v) is 10.4. The molecule has 4 rings (SSSR count). The number of carbonyl (C=O) groups excluding carboxylic acids is 1. The van der Waals surface area contributed by atoms with Gasteiger partial charge in [0.25, 0.3) is 5.91 Å². The number of sulfonamides is 1. The molecule has 1 amide bonds. The molecule has 2 aliphatic rings. The summed E-state index contributed by atoms with van der Waals surface area (Å²) in [5, 5.41) is 0. The summed E-state index contributed by atoms with van der Waals surface area (Å²) in [6, 6.07) is 7.79. The predicted molar refractivity (Wildman–Crippen MR) is 115 cm³/mol. The van der Waals surface area contributed by atoms with Crippen molar-refractivity contribution >= 4 is 15.9 Å². The van der Waals surface area contributed by atoms with E-state index in [1.165, 1.54) is 22.5 Å². The Morgan fingerprint density at radius 2 is 1.77 bits per heavy atom. The fourth-order valence-electron chi connectivity index (χ4n) is 4.60. The smallest absolute Gasteiger partial charge is 0.289 e. The fraction of sp³-hybridized carbons (Fsp3) is 0.522. The predicted octanol–water partition coefficient (Wildman–Crippen LogP) is 4.14. The fourth-order valence-corrected chi connectivity index (χ4v) is 6.28. The molecular formula is C23H29FN2O4S. The Morgan fingerprint density at radius 1 is 1.13 bits per heavy atom. The number of benzene rings is 1. The molecule has 6 nitrogen and oxygen atoms in total. The van der Waals surface area contributed by atoms with Gasteiger partial charge in [0, 0.05) is 31.7 Å². The van der Waals surface area contributed by atoms with Crippen LogP contribution < -0.4 is 0 Å². The largest absolute Gasteiger partial charge is 0.455 e. The first-order chi connectivity index (χ1) is 14.9. The van der Waals surface area contributed by atoms with Crippen molar-refractivity contribution < 1.29 is 22.0 Å². The molecular weight excluding hydrogens is 419 g/mol. The molecule has 1 saturated carbocycles. The van der Waals surface area contributed by atoms with Crippen LogP contribution in [0.4, 0.5) is 4.39 Å². The highest BCUT2D eigenvalue weighted by Gasteiger charge is 2.34. The van der Waals surface area contributed by atoms with Crippen LogP contribution in [0.3, 0.4) is 0 Å². The second-order valence-electron chi connectivity index (χ2n) is 8.46. The Kier molecular flexibility index (Phi) is 6.48. The molecule has 0 N–H and O–H groups in total. The Morgan fingerprint density at radius 3 is 2.42 bits per heavy atom. The maximum absolute atomic E-state index is 13.4. The number of rotatable bonds is 7. The molecule has 0 atom stereocenters. The standard InChI is InChI=1S/C23H29FN2O4S/c1-17-22(31(28,29)25-13-4-5-14-25)16-21(30-17)23(27)26(20-6-2-3-7-20)15-12-18-8-10-19(24)11-9-18/h8-11,16,20H,2-7,12-15H2,1H3. The van der Waals surface area contributed by atoms with Gasteiger partial charge in [-0.05, 0) is 56.7 Å². The van der Waals surface area contributed by atoms with Gasteiger partial charge >= 0.3 is 0 Å². The van der Waals surface area contributed by atoms with Crippen molar-refractivity contribution in [1.82, 2.24) is 9.21 Å². The van der Waals surface area contributed by atoms with Crippen LogP contribution in [0.5, 0.6) is 0 Å². The van der Waals surface area contributed by atoms with E-state index in [0.717, 1.165) is 44.1 Å². The zero-order valence-electron chi connectivity index (χ0n) is 17.8. The molecule has 1 aromatic carbocycles. The molecule has 31 heavy (non-hydrogen) atoms. The van der Waals surface area contributed by atoms with E-state index in [4.69, 9.17) is 4.42 Å². The minimum atomic E-state index is -3.65. The van der Waals surface area contributed by atoms with Crippen LogP contribution in [0.15, 0.2) is 39.6 Å². The van der Waals surface area contributed by atoms with Crippen molar-refractivity contribution in [3.8, 4) is 0 Å². The van der Waals surface area contributed by atoms with Gasteiger partial charge in [-0.2, -0.15) is 4.31 Å². The number of furan rings is 1. The zero-order chi connectivity index (χ0) is 22.0. The summed E-state index contributed by atoms with van der Waals surface area (Å²) in [5.74, 6) is -0.244. The lowest BCUT2D eigenvalue weighted by Crippen LogP contribution is -2.40. The summed E-state index contributed by atoms with van der Waals surface area (Å²) < 4.78 is 46.3. The lowest BCUT2D eigenvalue weighted by atomic mass is 10.1. The monoisotopic (exact) mass is 448 g/mol. The second kappa shape index (κ2) is 9.12. The Labute approximate surface area is 183 Å². The molecule has 1 aliphatic heterocycles. The molecule has 2 aromatic rings. The summed E-state index contributed by atoms with van der Waals surface area (Å²) in [6.07, 6.45) is 6.28. The SMILES string of the molecule is Cc1oc(C(=O)N(CCc2ccc(F)cc2)C2CCCC2)cc1S(=O)(=O)N1CCCC1. The maximum atomic E-state index is 13.4. The Hall–Kier alpha value is -2.19. The lowest BCUT2D eigenvalue weighted by molar-refractivity contribution is 0.0650. The van der Waals surface area contributed by atoms with Gasteiger partial charge in [-0.15, -0.1) is 0 Å². The van der Waals surface area contributed by atoms with Gasteiger partial charge in [0.05, 0.1) is 0 Å². The van der Waals surface area contributed by atoms with Crippen LogP contribution in [0.2, 0.25) is 0 Å². The molecule has 1 saturated heterocycles. The number of carbonyl (C=O) groups is 1. The average molecular weight is 449 g/mol. The van der Waals surface area contributed by atoms with E-state index in [-0.39, 0.29) is 34.2 Å². The Balaban J connectivity index is 1.56. The third-order valence-corrected chi connectivity index (χ3v) is 8.35. The number of aryl methyl sites for hydroxylation is 1. The van der Waals surface area contributed by atoms with E-state index in [1.54, 1.807) is 24.0 Å². The first kappa shape index (κ1) is 22.0. The van der Waals surface area contributed by atoms with Crippen molar-refractivity contribution in [2.75, 3.05) is 19.6 Å².